The summed E-state index contributed by atoms with van der Waals surface area (Å²) in [4.78, 5) is 11.6. The lowest BCUT2D eigenvalue weighted by atomic mass is 10.1. The molecule has 0 radical (unpaired) electrons. The van der Waals surface area contributed by atoms with E-state index in [0.29, 0.717) is 13.0 Å². The fourth-order valence-electron chi connectivity index (χ4n) is 1.63. The molecule has 0 saturated carbocycles. The number of rotatable bonds is 6. The molecule has 1 unspecified atom stereocenters. The monoisotopic (exact) mass is 250 g/mol. The minimum atomic E-state index is -0.166. The number of hydrogen-bond donors (Lipinski definition) is 3. The number of aryl methyl sites for hydroxylation is 1. The first-order valence-electron chi connectivity index (χ1n) is 6.32. The normalized spacial score (nSPS) is 11.9. The Kier molecular flexibility index (Phi) is 6.22. The highest BCUT2D eigenvalue weighted by atomic mass is 16.3. The van der Waals surface area contributed by atoms with Crippen LogP contribution in [0.5, 0.6) is 0 Å². The predicted octanol–water partition coefficient (Wildman–Crippen LogP) is 1.96. The standard InChI is InChI=1S/C14H22N2O2/c1-11-5-7-13(8-6-11)10-15-14(18)16-12(2)4-3-9-17/h5-8,12,17H,3-4,9-10H2,1-2H3,(H2,15,16,18). The van der Waals surface area contributed by atoms with Crippen LogP contribution in [0.1, 0.15) is 30.9 Å². The SMILES string of the molecule is Cc1ccc(CNC(=O)NC(C)CCCO)cc1. The van der Waals surface area contributed by atoms with Crippen LogP contribution in [-0.4, -0.2) is 23.8 Å². The highest BCUT2D eigenvalue weighted by Gasteiger charge is 2.06. The summed E-state index contributed by atoms with van der Waals surface area (Å²) in [6.07, 6.45) is 1.49. The lowest BCUT2D eigenvalue weighted by Gasteiger charge is -2.14. The molecule has 0 aliphatic rings. The third-order valence-corrected chi connectivity index (χ3v) is 2.75. The summed E-state index contributed by atoms with van der Waals surface area (Å²) in [6.45, 7) is 4.66. The summed E-state index contributed by atoms with van der Waals surface area (Å²) >= 11 is 0. The van der Waals surface area contributed by atoms with Gasteiger partial charge in [-0.2, -0.15) is 0 Å². The second kappa shape index (κ2) is 7.71. The molecule has 0 aliphatic heterocycles. The van der Waals surface area contributed by atoms with Crippen molar-refractivity contribution < 1.29 is 9.90 Å². The van der Waals surface area contributed by atoms with Gasteiger partial charge in [0, 0.05) is 19.2 Å². The van der Waals surface area contributed by atoms with E-state index < -0.39 is 0 Å². The van der Waals surface area contributed by atoms with Crippen molar-refractivity contribution >= 4 is 6.03 Å². The summed E-state index contributed by atoms with van der Waals surface area (Å²) in [7, 11) is 0. The van der Waals surface area contributed by atoms with Crippen molar-refractivity contribution in [3.63, 3.8) is 0 Å². The van der Waals surface area contributed by atoms with E-state index in [1.54, 1.807) is 0 Å². The van der Waals surface area contributed by atoms with Crippen LogP contribution in [0.3, 0.4) is 0 Å². The second-order valence-electron chi connectivity index (χ2n) is 4.58. The van der Waals surface area contributed by atoms with Gasteiger partial charge in [0.05, 0.1) is 0 Å². The minimum absolute atomic E-state index is 0.0789. The van der Waals surface area contributed by atoms with Gasteiger partial charge >= 0.3 is 6.03 Å². The van der Waals surface area contributed by atoms with Crippen LogP contribution in [-0.2, 0) is 6.54 Å². The van der Waals surface area contributed by atoms with Gasteiger partial charge < -0.3 is 15.7 Å². The molecule has 3 N–H and O–H groups in total. The zero-order chi connectivity index (χ0) is 13.4. The van der Waals surface area contributed by atoms with Crippen LogP contribution < -0.4 is 10.6 Å². The number of aliphatic hydroxyl groups excluding tert-OH is 1. The number of carbonyl (C=O) groups is 1. The minimum Gasteiger partial charge on any atom is -0.396 e. The lowest BCUT2D eigenvalue weighted by Crippen LogP contribution is -2.40. The van der Waals surface area contributed by atoms with E-state index in [0.717, 1.165) is 12.0 Å². The fraction of sp³-hybridized carbons (Fsp3) is 0.500. The Balaban J connectivity index is 2.26. The molecule has 2 amide bonds. The van der Waals surface area contributed by atoms with Crippen molar-refractivity contribution in [3.05, 3.63) is 35.4 Å². The Bertz CT molecular complexity index is 363. The van der Waals surface area contributed by atoms with Crippen LogP contribution in [0.15, 0.2) is 24.3 Å². The summed E-state index contributed by atoms with van der Waals surface area (Å²) in [5, 5.41) is 14.3. The molecule has 100 valence electrons. The number of benzene rings is 1. The molecule has 0 spiro atoms. The second-order valence-corrected chi connectivity index (χ2v) is 4.58. The van der Waals surface area contributed by atoms with Gasteiger partial charge in [-0.15, -0.1) is 0 Å². The van der Waals surface area contributed by atoms with E-state index in [9.17, 15) is 4.79 Å². The van der Waals surface area contributed by atoms with Crippen LogP contribution in [0.2, 0.25) is 0 Å². The van der Waals surface area contributed by atoms with Gasteiger partial charge in [0.15, 0.2) is 0 Å². The molecule has 0 saturated heterocycles. The summed E-state index contributed by atoms with van der Waals surface area (Å²) < 4.78 is 0. The van der Waals surface area contributed by atoms with Crippen molar-refractivity contribution in [1.29, 1.82) is 0 Å². The molecule has 1 rings (SSSR count). The van der Waals surface area contributed by atoms with E-state index in [1.807, 2.05) is 38.1 Å². The van der Waals surface area contributed by atoms with Gasteiger partial charge in [-0.1, -0.05) is 29.8 Å². The Hall–Kier alpha value is -1.55. The number of aliphatic hydroxyl groups is 1. The molecule has 0 aromatic heterocycles. The lowest BCUT2D eigenvalue weighted by molar-refractivity contribution is 0.234. The van der Waals surface area contributed by atoms with Crippen LogP contribution in [0, 0.1) is 6.92 Å². The third-order valence-electron chi connectivity index (χ3n) is 2.75. The van der Waals surface area contributed by atoms with Crippen molar-refractivity contribution in [1.82, 2.24) is 10.6 Å². The molecule has 18 heavy (non-hydrogen) atoms. The first-order valence-corrected chi connectivity index (χ1v) is 6.32. The maximum atomic E-state index is 11.6. The van der Waals surface area contributed by atoms with Crippen molar-refractivity contribution in [3.8, 4) is 0 Å². The van der Waals surface area contributed by atoms with E-state index in [-0.39, 0.29) is 18.7 Å². The van der Waals surface area contributed by atoms with Gasteiger partial charge in [-0.3, -0.25) is 0 Å². The molecule has 1 aromatic rings. The highest BCUT2D eigenvalue weighted by molar-refractivity contribution is 5.74. The molecule has 1 atom stereocenters. The number of carbonyl (C=O) groups excluding carboxylic acids is 1. The molecular formula is C14H22N2O2. The van der Waals surface area contributed by atoms with E-state index in [1.165, 1.54) is 5.56 Å². The zero-order valence-corrected chi connectivity index (χ0v) is 11.1. The summed E-state index contributed by atoms with van der Waals surface area (Å²) in [5.41, 5.74) is 2.29. The van der Waals surface area contributed by atoms with Crippen LogP contribution in [0.4, 0.5) is 4.79 Å². The Morgan fingerprint density at radius 2 is 2.00 bits per heavy atom. The zero-order valence-electron chi connectivity index (χ0n) is 11.1. The van der Waals surface area contributed by atoms with Crippen molar-refractivity contribution in [2.45, 2.75) is 39.3 Å². The molecule has 4 nitrogen and oxygen atoms in total. The smallest absolute Gasteiger partial charge is 0.315 e. The number of urea groups is 1. The molecular weight excluding hydrogens is 228 g/mol. The molecule has 0 heterocycles. The molecule has 0 fully saturated rings. The van der Waals surface area contributed by atoms with Gasteiger partial charge in [0.25, 0.3) is 0 Å². The Labute approximate surface area is 108 Å². The van der Waals surface area contributed by atoms with E-state index in [4.69, 9.17) is 5.11 Å². The molecule has 0 bridgehead atoms. The predicted molar refractivity (Wildman–Crippen MR) is 72.3 cm³/mol. The van der Waals surface area contributed by atoms with Gasteiger partial charge in [0.2, 0.25) is 0 Å². The average Bonchev–Trinajstić information content (AvgIpc) is 2.35. The Morgan fingerprint density at radius 1 is 1.33 bits per heavy atom. The van der Waals surface area contributed by atoms with Crippen molar-refractivity contribution in [2.24, 2.45) is 0 Å². The number of nitrogens with one attached hydrogen (secondary N) is 2. The van der Waals surface area contributed by atoms with Crippen LogP contribution >= 0.6 is 0 Å². The average molecular weight is 250 g/mol. The van der Waals surface area contributed by atoms with Gasteiger partial charge in [0.1, 0.15) is 0 Å². The number of amides is 2. The quantitative estimate of drug-likeness (QED) is 0.722. The molecule has 0 aliphatic carbocycles. The van der Waals surface area contributed by atoms with E-state index in [2.05, 4.69) is 10.6 Å². The summed E-state index contributed by atoms with van der Waals surface area (Å²) in [6, 6.07) is 7.98. The topological polar surface area (TPSA) is 61.4 Å². The van der Waals surface area contributed by atoms with Crippen molar-refractivity contribution in [2.75, 3.05) is 6.61 Å². The largest absolute Gasteiger partial charge is 0.396 e. The third kappa shape index (κ3) is 5.68. The van der Waals surface area contributed by atoms with E-state index >= 15 is 0 Å². The molecule has 4 heteroatoms. The van der Waals surface area contributed by atoms with Gasteiger partial charge in [-0.05, 0) is 32.3 Å². The highest BCUT2D eigenvalue weighted by Crippen LogP contribution is 2.02. The van der Waals surface area contributed by atoms with Gasteiger partial charge in [-0.25, -0.2) is 4.79 Å². The molecule has 1 aromatic carbocycles. The van der Waals surface area contributed by atoms with Crippen LogP contribution in [0.25, 0.3) is 0 Å². The first kappa shape index (κ1) is 14.5. The first-order chi connectivity index (χ1) is 8.61. The Morgan fingerprint density at radius 3 is 2.61 bits per heavy atom. The summed E-state index contributed by atoms with van der Waals surface area (Å²) in [5.74, 6) is 0. The maximum Gasteiger partial charge on any atom is 0.315 e. The fourth-order valence-corrected chi connectivity index (χ4v) is 1.63. The maximum absolute atomic E-state index is 11.6. The number of hydrogen-bond acceptors (Lipinski definition) is 2.